The zero-order chi connectivity index (χ0) is 36.6. The van der Waals surface area contributed by atoms with Gasteiger partial charge in [0.15, 0.2) is 23.2 Å². The van der Waals surface area contributed by atoms with Crippen molar-refractivity contribution in [2.75, 3.05) is 55.9 Å². The number of benzene rings is 4. The van der Waals surface area contributed by atoms with Crippen LogP contribution in [0.5, 0.6) is 5.75 Å². The summed E-state index contributed by atoms with van der Waals surface area (Å²) in [5.41, 5.74) is 26.3. The number of ketones is 1. The van der Waals surface area contributed by atoms with Gasteiger partial charge < -0.3 is 43.2 Å². The Labute approximate surface area is 291 Å². The fourth-order valence-electron chi connectivity index (χ4n) is 4.70. The number of nitrogen functional groups attached to an aromatic ring is 3. The molecule has 0 heterocycles. The monoisotopic (exact) mass is 689 g/mol. The van der Waals surface area contributed by atoms with Gasteiger partial charge in [0.1, 0.15) is 6.61 Å². The van der Waals surface area contributed by atoms with Crippen molar-refractivity contribution in [2.24, 2.45) is 5.73 Å². The Morgan fingerprint density at radius 1 is 0.780 bits per heavy atom. The molecule has 0 aliphatic heterocycles. The van der Waals surface area contributed by atoms with Crippen molar-refractivity contribution in [1.29, 1.82) is 0 Å². The van der Waals surface area contributed by atoms with Crippen molar-refractivity contribution in [3.05, 3.63) is 113 Å². The fraction of sp³-hybridized carbons (Fsp3) is 0.270. The van der Waals surface area contributed by atoms with Gasteiger partial charge in [-0.25, -0.2) is 8.78 Å². The summed E-state index contributed by atoms with van der Waals surface area (Å²) in [5, 5.41) is 5.32. The molecular weight excluding hydrogens is 644 g/mol. The van der Waals surface area contributed by atoms with E-state index in [0.717, 1.165) is 17.8 Å². The zero-order valence-corrected chi connectivity index (χ0v) is 28.3. The first kappa shape index (κ1) is 38.8. The lowest BCUT2D eigenvalue weighted by atomic mass is 10.0. The summed E-state index contributed by atoms with van der Waals surface area (Å²) in [6.07, 6.45) is 1.62. The number of nitrogens with one attached hydrogen (secondary N) is 2. The molecule has 0 spiro atoms. The van der Waals surface area contributed by atoms with E-state index in [-0.39, 0.29) is 30.9 Å². The number of carbonyl (C=O) groups is 3. The highest BCUT2D eigenvalue weighted by atomic mass is 19.1. The number of nitrogens with zero attached hydrogens (tertiary/aromatic N) is 1. The van der Waals surface area contributed by atoms with Gasteiger partial charge in [-0.3, -0.25) is 14.4 Å². The summed E-state index contributed by atoms with van der Waals surface area (Å²) in [7, 11) is 4.01. The van der Waals surface area contributed by atoms with E-state index in [1.807, 2.05) is 43.3 Å². The average molecular weight is 690 g/mol. The number of ether oxygens (including phenoxy) is 1. The molecule has 0 saturated carbocycles. The van der Waals surface area contributed by atoms with E-state index in [4.69, 9.17) is 27.7 Å². The lowest BCUT2D eigenvalue weighted by molar-refractivity contribution is -0.123. The minimum absolute atomic E-state index is 0.137. The van der Waals surface area contributed by atoms with Crippen LogP contribution in [0.1, 0.15) is 45.5 Å². The molecule has 1 unspecified atom stereocenters. The number of halogens is 2. The van der Waals surface area contributed by atoms with Crippen molar-refractivity contribution in [3.8, 4) is 5.75 Å². The molecule has 0 aliphatic rings. The number of amides is 2. The Kier molecular flexibility index (Phi) is 15.0. The van der Waals surface area contributed by atoms with Crippen molar-refractivity contribution in [3.63, 3.8) is 0 Å². The highest BCUT2D eigenvalue weighted by Gasteiger charge is 2.23. The normalized spacial score (nSPS) is 11.1. The number of hydrogen-bond acceptors (Lipinski definition) is 9. The molecule has 4 aromatic rings. The number of anilines is 4. The Balaban J connectivity index is 0.000000578. The third kappa shape index (κ3) is 12.4. The molecule has 4 aromatic carbocycles. The lowest BCUT2D eigenvalue weighted by Crippen LogP contribution is -2.43. The Bertz CT molecular complexity index is 1700. The summed E-state index contributed by atoms with van der Waals surface area (Å²) >= 11 is 0. The second-order valence-corrected chi connectivity index (χ2v) is 11.7. The highest BCUT2D eigenvalue weighted by Crippen LogP contribution is 2.24. The van der Waals surface area contributed by atoms with Gasteiger partial charge in [-0.15, -0.1) is 0 Å². The third-order valence-electron chi connectivity index (χ3n) is 7.49. The molecule has 0 aliphatic carbocycles. The maximum atomic E-state index is 14.7. The van der Waals surface area contributed by atoms with E-state index in [0.29, 0.717) is 41.9 Å². The number of unbranched alkanes of at least 4 members (excludes halogenated alkanes) is 1. The second-order valence-electron chi connectivity index (χ2n) is 11.7. The predicted molar refractivity (Wildman–Crippen MR) is 194 cm³/mol. The lowest BCUT2D eigenvalue weighted by Gasteiger charge is -2.18. The smallest absolute Gasteiger partial charge is 0.251 e. The first-order chi connectivity index (χ1) is 23.9. The Morgan fingerprint density at radius 3 is 1.98 bits per heavy atom. The molecule has 50 heavy (non-hydrogen) atoms. The number of nitrogens with two attached hydrogens (primary N) is 4. The van der Waals surface area contributed by atoms with Crippen LogP contribution in [0.2, 0.25) is 0 Å². The summed E-state index contributed by atoms with van der Waals surface area (Å²) in [4.78, 5) is 39.8. The van der Waals surface area contributed by atoms with Crippen molar-refractivity contribution >= 4 is 40.3 Å². The number of rotatable bonds is 15. The van der Waals surface area contributed by atoms with Gasteiger partial charge in [0.05, 0.1) is 6.04 Å². The third-order valence-corrected chi connectivity index (χ3v) is 7.49. The molecule has 0 saturated heterocycles. The van der Waals surface area contributed by atoms with E-state index in [1.165, 1.54) is 11.8 Å². The van der Waals surface area contributed by atoms with Crippen molar-refractivity contribution in [2.45, 2.75) is 31.7 Å². The van der Waals surface area contributed by atoms with Crippen LogP contribution >= 0.6 is 0 Å². The number of Topliss-reactive ketones (excluding diaryl/α,β-unsaturated/α-hetero) is 1. The molecule has 2 amide bonds. The molecular formula is C37H45F2N7O4. The van der Waals surface area contributed by atoms with Crippen molar-refractivity contribution < 1.29 is 27.9 Å². The highest BCUT2D eigenvalue weighted by molar-refractivity contribution is 5.98. The zero-order valence-electron chi connectivity index (χ0n) is 28.3. The second kappa shape index (κ2) is 19.3. The van der Waals surface area contributed by atoms with E-state index in [1.54, 1.807) is 42.5 Å². The number of carbonyl (C=O) groups excluding carboxylic acids is 3. The summed E-state index contributed by atoms with van der Waals surface area (Å²) < 4.78 is 34.6. The molecule has 13 heteroatoms. The van der Waals surface area contributed by atoms with Crippen LogP contribution in [-0.2, 0) is 11.2 Å². The Morgan fingerprint density at radius 2 is 1.40 bits per heavy atom. The van der Waals surface area contributed by atoms with Gasteiger partial charge in [0.2, 0.25) is 0 Å². The maximum Gasteiger partial charge on any atom is 0.251 e. The van der Waals surface area contributed by atoms with Crippen LogP contribution in [0.4, 0.5) is 31.5 Å². The van der Waals surface area contributed by atoms with Gasteiger partial charge >= 0.3 is 0 Å². The molecule has 11 nitrogen and oxygen atoms in total. The minimum Gasteiger partial charge on any atom is -0.480 e. The van der Waals surface area contributed by atoms with Gasteiger partial charge in [0.25, 0.3) is 11.8 Å². The topological polar surface area (TPSA) is 192 Å². The molecule has 0 bridgehead atoms. The fourth-order valence-corrected chi connectivity index (χ4v) is 4.70. The summed E-state index contributed by atoms with van der Waals surface area (Å²) in [6.45, 7) is -0.109. The molecule has 10 N–H and O–H groups in total. The molecule has 0 aromatic heterocycles. The average Bonchev–Trinajstić information content (AvgIpc) is 3.08. The van der Waals surface area contributed by atoms with E-state index >= 15 is 0 Å². The SMILES string of the molecule is CN(C)c1ccc(N)cc1.NCCCCC(NC(=O)c1cccc(N)c1)C(=O)COc1c(F)cc(CCNC(=O)c2ccc(N)cc2)cc1F. The minimum atomic E-state index is -0.990. The standard InChI is InChI=1S/C29H33F2N5O4.C8H12N2/c30-23-14-18(11-13-35-28(38)19-7-9-21(33)10-8-19)15-24(31)27(23)40-17-26(37)25(6-1-2-12-32)36-29(39)20-4-3-5-22(34)16-20;1-10(2)8-5-3-7(9)4-6-8/h3-5,7-10,14-16,25H,1-2,6,11-13,17,32-34H2,(H,35,38)(H,36,39);3-6H,9H2,1-2H3. The van der Waals surface area contributed by atoms with Gasteiger partial charge in [0, 0.05) is 54.5 Å². The summed E-state index contributed by atoms with van der Waals surface area (Å²) in [6, 6.07) is 21.6. The van der Waals surface area contributed by atoms with Crippen molar-refractivity contribution in [1.82, 2.24) is 10.6 Å². The molecule has 0 fully saturated rings. The first-order valence-corrected chi connectivity index (χ1v) is 16.0. The first-order valence-electron chi connectivity index (χ1n) is 16.0. The summed E-state index contributed by atoms with van der Waals surface area (Å²) in [5.74, 6) is -4.09. The largest absolute Gasteiger partial charge is 0.480 e. The quantitative estimate of drug-likeness (QED) is 0.0780. The van der Waals surface area contributed by atoms with Gasteiger partial charge in [-0.1, -0.05) is 6.07 Å². The van der Waals surface area contributed by atoms with Crippen LogP contribution in [0.3, 0.4) is 0 Å². The van der Waals surface area contributed by atoms with E-state index < -0.39 is 41.7 Å². The maximum absolute atomic E-state index is 14.7. The van der Waals surface area contributed by atoms with Crippen LogP contribution in [-0.4, -0.2) is 57.4 Å². The molecule has 0 radical (unpaired) electrons. The number of hydrogen-bond donors (Lipinski definition) is 6. The molecule has 4 rings (SSSR count). The van der Waals surface area contributed by atoms with Crippen LogP contribution in [0.15, 0.2) is 84.9 Å². The predicted octanol–water partition coefficient (Wildman–Crippen LogP) is 4.31. The van der Waals surface area contributed by atoms with Crippen LogP contribution in [0, 0.1) is 11.6 Å². The van der Waals surface area contributed by atoms with Crippen LogP contribution in [0.25, 0.3) is 0 Å². The Hall–Kier alpha value is -5.69. The van der Waals surface area contributed by atoms with E-state index in [2.05, 4.69) is 10.6 Å². The van der Waals surface area contributed by atoms with E-state index in [9.17, 15) is 23.2 Å². The van der Waals surface area contributed by atoms with Gasteiger partial charge in [-0.2, -0.15) is 0 Å². The van der Waals surface area contributed by atoms with Crippen LogP contribution < -0.4 is 43.2 Å². The van der Waals surface area contributed by atoms with Gasteiger partial charge in [-0.05, 0) is 117 Å². The molecule has 1 atom stereocenters. The molecule has 266 valence electrons.